The number of rotatable bonds is 52. The summed E-state index contributed by atoms with van der Waals surface area (Å²) in [6.45, 7) is 3.98. The summed E-state index contributed by atoms with van der Waals surface area (Å²) in [6, 6.07) is 0. The van der Waals surface area contributed by atoms with Crippen molar-refractivity contribution in [1.82, 2.24) is 0 Å². The van der Waals surface area contributed by atoms with E-state index in [1.807, 2.05) is 0 Å². The Hall–Kier alpha value is -4.74. The summed E-state index contributed by atoms with van der Waals surface area (Å²) in [4.78, 5) is 24.5. The van der Waals surface area contributed by atoms with E-state index in [0.717, 1.165) is 148 Å². The molecule has 0 fully saturated rings. The van der Waals surface area contributed by atoms with Gasteiger partial charge in [-0.05, 0) is 135 Å². The second-order valence-electron chi connectivity index (χ2n) is 19.0. The van der Waals surface area contributed by atoms with Crippen LogP contribution in [0.15, 0.2) is 170 Å². The Balaban J connectivity index is 3.67. The molecule has 0 aliphatic rings. The maximum atomic E-state index is 12.3. The number of allylic oxidation sites excluding steroid dienone is 28. The minimum atomic E-state index is -0.802. The number of carbonyl (C=O) groups is 2. The van der Waals surface area contributed by atoms with Gasteiger partial charge in [0.15, 0.2) is 6.10 Å². The molecule has 0 aromatic heterocycles. The van der Waals surface area contributed by atoms with Crippen molar-refractivity contribution in [2.75, 3.05) is 13.2 Å². The third kappa shape index (κ3) is 59.8. The Morgan fingerprint density at radius 3 is 0.878 bits per heavy atom. The lowest BCUT2D eigenvalue weighted by Gasteiger charge is -2.15. The fourth-order valence-corrected chi connectivity index (χ4v) is 7.57. The summed E-state index contributed by atoms with van der Waals surface area (Å²) in [5.74, 6) is -0.639. The molecule has 0 heterocycles. The highest BCUT2D eigenvalue weighted by atomic mass is 16.6. The van der Waals surface area contributed by atoms with Gasteiger partial charge >= 0.3 is 11.9 Å². The minimum Gasteiger partial charge on any atom is -0.462 e. The van der Waals surface area contributed by atoms with Gasteiger partial charge in [-0.2, -0.15) is 0 Å². The summed E-state index contributed by atoms with van der Waals surface area (Å²) in [6.07, 6.45) is 97.5. The monoisotopic (exact) mass is 1020 g/mol. The Morgan fingerprint density at radius 2 is 0.581 bits per heavy atom. The first kappa shape index (κ1) is 69.3. The standard InChI is InChI=1S/C69H108O5/c1-3-5-7-9-11-13-15-17-19-21-23-25-26-27-28-29-30-31-32-33-34-35-36-37-38-39-40-41-42-44-46-48-50-52-54-56-58-60-62-64-69(72)74-67(65-70)66-73-68(71)63-61-59-57-55-53-51-49-47-45-43-24-22-20-18-16-14-12-10-8-6-4-2/h5,7,11,13,16-19,22-25,27-28,30-31,33-34,36-37,39-40,42,44-45,47-48,50,67,70H,3-4,6,8-10,12,14-15,20-21,26,29,32,35,38,41,43,46,49,51-66H2,1-2H3/b7-5-,13-11-,18-16-,19-17-,24-22-,25-23-,28-27-,31-30-,34-33-,37-36-,40-39-,44-42-,47-45-,50-48-. The molecule has 0 aromatic carbocycles. The van der Waals surface area contributed by atoms with Crippen LogP contribution in [0.3, 0.4) is 0 Å². The molecule has 0 bridgehead atoms. The molecule has 0 saturated carbocycles. The van der Waals surface area contributed by atoms with Crippen molar-refractivity contribution < 1.29 is 24.2 Å². The first-order valence-corrected chi connectivity index (χ1v) is 29.7. The molecule has 1 N–H and O–H groups in total. The fraction of sp³-hybridized carbons (Fsp3) is 0.565. The topological polar surface area (TPSA) is 72.8 Å². The number of unbranched alkanes of at least 4 members (excludes halogenated alkanes) is 16. The molecule has 5 heteroatoms. The zero-order chi connectivity index (χ0) is 53.4. The van der Waals surface area contributed by atoms with E-state index >= 15 is 0 Å². The van der Waals surface area contributed by atoms with Gasteiger partial charge in [-0.25, -0.2) is 0 Å². The van der Waals surface area contributed by atoms with Crippen molar-refractivity contribution in [3.63, 3.8) is 0 Å². The SMILES string of the molecule is CC/C=C\C/C=C\C/C=C\C/C=C\C/C=C\C/C=C\C/C=C\C/C=C\C/C=C\C/C=C\C/C=C\CCCCCCCC(=O)OC(CO)COC(=O)CCCCCCCC/C=C\C/C=C\C/C=C\CCCCCCC. The molecule has 0 amide bonds. The molecule has 414 valence electrons. The van der Waals surface area contributed by atoms with Gasteiger partial charge < -0.3 is 14.6 Å². The summed E-state index contributed by atoms with van der Waals surface area (Å²) in [5.41, 5.74) is 0. The van der Waals surface area contributed by atoms with Crippen LogP contribution in [0, 0.1) is 0 Å². The van der Waals surface area contributed by atoms with E-state index in [-0.39, 0.29) is 25.2 Å². The largest absolute Gasteiger partial charge is 0.462 e. The normalized spacial score (nSPS) is 13.5. The molecule has 0 aliphatic carbocycles. The van der Waals surface area contributed by atoms with E-state index in [9.17, 15) is 14.7 Å². The van der Waals surface area contributed by atoms with Crippen LogP contribution >= 0.6 is 0 Å². The molecule has 1 atom stereocenters. The number of carbonyl (C=O) groups excluding carboxylic acids is 2. The van der Waals surface area contributed by atoms with Crippen molar-refractivity contribution in [3.8, 4) is 0 Å². The molecule has 0 rings (SSSR count). The third-order valence-corrected chi connectivity index (χ3v) is 12.0. The van der Waals surface area contributed by atoms with Crippen molar-refractivity contribution in [1.29, 1.82) is 0 Å². The molecular weight excluding hydrogens is 909 g/mol. The number of hydrogen-bond acceptors (Lipinski definition) is 5. The molecule has 0 aliphatic heterocycles. The van der Waals surface area contributed by atoms with Crippen LogP contribution in [0.4, 0.5) is 0 Å². The average molecular weight is 1020 g/mol. The van der Waals surface area contributed by atoms with Crippen LogP contribution in [0.2, 0.25) is 0 Å². The van der Waals surface area contributed by atoms with Crippen LogP contribution < -0.4 is 0 Å². The quantitative estimate of drug-likeness (QED) is 0.0373. The van der Waals surface area contributed by atoms with E-state index in [0.29, 0.717) is 12.8 Å². The molecular formula is C69H108O5. The van der Waals surface area contributed by atoms with Crippen LogP contribution in [0.1, 0.15) is 232 Å². The zero-order valence-corrected chi connectivity index (χ0v) is 47.3. The molecule has 0 saturated heterocycles. The van der Waals surface area contributed by atoms with E-state index in [2.05, 4.69) is 184 Å². The minimum absolute atomic E-state index is 0.0916. The maximum Gasteiger partial charge on any atom is 0.306 e. The van der Waals surface area contributed by atoms with Crippen LogP contribution in [0.5, 0.6) is 0 Å². The second-order valence-corrected chi connectivity index (χ2v) is 19.0. The lowest BCUT2D eigenvalue weighted by molar-refractivity contribution is -0.161. The van der Waals surface area contributed by atoms with Gasteiger partial charge in [0.2, 0.25) is 0 Å². The predicted molar refractivity (Wildman–Crippen MR) is 324 cm³/mol. The average Bonchev–Trinajstić information content (AvgIpc) is 3.40. The van der Waals surface area contributed by atoms with Gasteiger partial charge in [0.1, 0.15) is 6.61 Å². The molecule has 74 heavy (non-hydrogen) atoms. The third-order valence-electron chi connectivity index (χ3n) is 12.0. The Morgan fingerprint density at radius 1 is 0.324 bits per heavy atom. The van der Waals surface area contributed by atoms with Crippen LogP contribution in [0.25, 0.3) is 0 Å². The van der Waals surface area contributed by atoms with E-state index in [1.54, 1.807) is 0 Å². The molecule has 1 unspecified atom stereocenters. The predicted octanol–water partition coefficient (Wildman–Crippen LogP) is 20.5. The van der Waals surface area contributed by atoms with Gasteiger partial charge in [0.25, 0.3) is 0 Å². The Kier molecular flexibility index (Phi) is 58.5. The lowest BCUT2D eigenvalue weighted by atomic mass is 10.1. The van der Waals surface area contributed by atoms with E-state index < -0.39 is 6.10 Å². The Bertz CT molecular complexity index is 1670. The molecule has 0 spiro atoms. The fourth-order valence-electron chi connectivity index (χ4n) is 7.57. The van der Waals surface area contributed by atoms with Crippen LogP contribution in [-0.4, -0.2) is 36.4 Å². The van der Waals surface area contributed by atoms with Gasteiger partial charge in [0, 0.05) is 12.8 Å². The maximum absolute atomic E-state index is 12.3. The highest BCUT2D eigenvalue weighted by Gasteiger charge is 2.16. The summed E-state index contributed by atoms with van der Waals surface area (Å²) >= 11 is 0. The highest BCUT2D eigenvalue weighted by Crippen LogP contribution is 2.12. The first-order valence-electron chi connectivity index (χ1n) is 29.7. The van der Waals surface area contributed by atoms with E-state index in [1.165, 1.54) is 57.8 Å². The van der Waals surface area contributed by atoms with Crippen molar-refractivity contribution >= 4 is 11.9 Å². The molecule has 0 radical (unpaired) electrons. The summed E-state index contributed by atoms with van der Waals surface area (Å²) in [5, 5.41) is 9.65. The number of hydrogen-bond donors (Lipinski definition) is 1. The van der Waals surface area contributed by atoms with Gasteiger partial charge in [0.05, 0.1) is 6.61 Å². The van der Waals surface area contributed by atoms with Gasteiger partial charge in [-0.1, -0.05) is 255 Å². The number of aliphatic hydroxyl groups is 1. The second kappa shape index (κ2) is 62.6. The van der Waals surface area contributed by atoms with Crippen molar-refractivity contribution in [2.45, 2.75) is 238 Å². The smallest absolute Gasteiger partial charge is 0.306 e. The van der Waals surface area contributed by atoms with E-state index in [4.69, 9.17) is 9.47 Å². The summed E-state index contributed by atoms with van der Waals surface area (Å²) in [7, 11) is 0. The summed E-state index contributed by atoms with van der Waals surface area (Å²) < 4.78 is 10.7. The van der Waals surface area contributed by atoms with Crippen LogP contribution in [-0.2, 0) is 19.1 Å². The van der Waals surface area contributed by atoms with Crippen molar-refractivity contribution in [3.05, 3.63) is 170 Å². The highest BCUT2D eigenvalue weighted by molar-refractivity contribution is 5.70. The van der Waals surface area contributed by atoms with Crippen molar-refractivity contribution in [2.24, 2.45) is 0 Å². The molecule has 5 nitrogen and oxygen atoms in total. The Labute approximate surface area is 455 Å². The first-order chi connectivity index (χ1) is 36.6. The van der Waals surface area contributed by atoms with Gasteiger partial charge in [-0.3, -0.25) is 9.59 Å². The zero-order valence-electron chi connectivity index (χ0n) is 47.3. The lowest BCUT2D eigenvalue weighted by Crippen LogP contribution is -2.28. The molecule has 0 aromatic rings. The number of aliphatic hydroxyl groups excluding tert-OH is 1. The number of esters is 2. The van der Waals surface area contributed by atoms with Gasteiger partial charge in [-0.15, -0.1) is 0 Å². The number of ether oxygens (including phenoxy) is 2.